The third kappa shape index (κ3) is 2.85. The van der Waals surface area contributed by atoms with Crippen LogP contribution >= 0.6 is 0 Å². The summed E-state index contributed by atoms with van der Waals surface area (Å²) >= 11 is 0. The average molecular weight is 259 g/mol. The minimum absolute atomic E-state index is 0.179. The molecular weight excluding hydrogens is 242 g/mol. The predicted octanol–water partition coefficient (Wildman–Crippen LogP) is 1.98. The van der Waals surface area contributed by atoms with Gasteiger partial charge in [0.2, 0.25) is 0 Å². The van der Waals surface area contributed by atoms with E-state index in [1.165, 1.54) is 0 Å². The van der Waals surface area contributed by atoms with Gasteiger partial charge in [-0.1, -0.05) is 36.4 Å². The third-order valence-corrected chi connectivity index (χ3v) is 3.01. The quantitative estimate of drug-likeness (QED) is 0.823. The molecule has 0 saturated carbocycles. The molecule has 0 bridgehead atoms. The summed E-state index contributed by atoms with van der Waals surface area (Å²) in [6, 6.07) is 10.5. The molecule has 0 amide bonds. The third-order valence-electron chi connectivity index (χ3n) is 3.01. The lowest BCUT2D eigenvalue weighted by Gasteiger charge is -2.12. The van der Waals surface area contributed by atoms with Crippen molar-refractivity contribution >= 4 is 16.7 Å². The zero-order valence-corrected chi connectivity index (χ0v) is 10.8. The van der Waals surface area contributed by atoms with Gasteiger partial charge in [-0.2, -0.15) is 0 Å². The number of fused-ring (bicyclic) bond motifs is 1. The fraction of sp³-hybridized carbons (Fsp3) is 0.267. The van der Waals surface area contributed by atoms with Gasteiger partial charge in [0.05, 0.1) is 6.61 Å². The van der Waals surface area contributed by atoms with Crippen LogP contribution in [0.4, 0.5) is 0 Å². The fourth-order valence-electron chi connectivity index (χ4n) is 2.03. The van der Waals surface area contributed by atoms with Crippen molar-refractivity contribution in [2.45, 2.75) is 19.4 Å². The molecule has 0 fully saturated rings. The van der Waals surface area contributed by atoms with Crippen LogP contribution in [0, 0.1) is 0 Å². The number of ether oxygens (including phenoxy) is 1. The summed E-state index contributed by atoms with van der Waals surface area (Å²) in [7, 11) is 0. The molecule has 0 heterocycles. The topological polar surface area (TPSA) is 72.5 Å². The second kappa shape index (κ2) is 5.71. The van der Waals surface area contributed by atoms with Crippen LogP contribution in [-0.4, -0.2) is 23.7 Å². The van der Waals surface area contributed by atoms with Gasteiger partial charge in [0.15, 0.2) is 0 Å². The average Bonchev–Trinajstić information content (AvgIpc) is 2.42. The van der Waals surface area contributed by atoms with Gasteiger partial charge in [-0.05, 0) is 17.9 Å². The molecule has 2 aromatic rings. The smallest absolute Gasteiger partial charge is 0.323 e. The van der Waals surface area contributed by atoms with E-state index in [0.29, 0.717) is 12.2 Å². The van der Waals surface area contributed by atoms with Crippen molar-refractivity contribution in [3.05, 3.63) is 42.0 Å². The molecule has 0 aromatic heterocycles. The van der Waals surface area contributed by atoms with Crippen molar-refractivity contribution in [1.82, 2.24) is 0 Å². The Morgan fingerprint density at radius 1 is 1.32 bits per heavy atom. The molecule has 0 aliphatic heterocycles. The van der Waals surface area contributed by atoms with E-state index >= 15 is 0 Å². The molecule has 1 unspecified atom stereocenters. The summed E-state index contributed by atoms with van der Waals surface area (Å²) in [6.45, 7) is 2.04. The lowest BCUT2D eigenvalue weighted by atomic mass is 10.0. The first-order chi connectivity index (χ1) is 9.13. The maximum atomic E-state index is 11.5. The standard InChI is InChI=1S/C15H17NO3/c1-2-19-15(18)13(16)9-11-8-7-10-5-3-4-6-12(10)14(11)17/h3-8,13,17H,2,9,16H2,1H3. The van der Waals surface area contributed by atoms with Gasteiger partial charge < -0.3 is 15.6 Å². The first-order valence-corrected chi connectivity index (χ1v) is 6.25. The van der Waals surface area contributed by atoms with E-state index in [0.717, 1.165) is 10.8 Å². The van der Waals surface area contributed by atoms with E-state index in [-0.39, 0.29) is 12.2 Å². The molecule has 0 spiro atoms. The summed E-state index contributed by atoms with van der Waals surface area (Å²) < 4.78 is 4.86. The highest BCUT2D eigenvalue weighted by Crippen LogP contribution is 2.29. The van der Waals surface area contributed by atoms with Gasteiger partial charge in [-0.15, -0.1) is 0 Å². The molecule has 4 nitrogen and oxygen atoms in total. The van der Waals surface area contributed by atoms with Crippen LogP contribution in [0.25, 0.3) is 10.8 Å². The highest BCUT2D eigenvalue weighted by molar-refractivity contribution is 5.89. The summed E-state index contributed by atoms with van der Waals surface area (Å²) in [4.78, 5) is 11.5. The molecule has 2 aromatic carbocycles. The van der Waals surface area contributed by atoms with Crippen LogP contribution in [0.15, 0.2) is 36.4 Å². The Bertz CT molecular complexity index is 595. The Balaban J connectivity index is 2.26. The van der Waals surface area contributed by atoms with Gasteiger partial charge >= 0.3 is 5.97 Å². The van der Waals surface area contributed by atoms with Crippen LogP contribution in [0.2, 0.25) is 0 Å². The van der Waals surface area contributed by atoms with Crippen molar-refractivity contribution < 1.29 is 14.6 Å². The predicted molar refractivity (Wildman–Crippen MR) is 73.9 cm³/mol. The Morgan fingerprint density at radius 3 is 2.79 bits per heavy atom. The van der Waals surface area contributed by atoms with Crippen LogP contribution in [0.3, 0.4) is 0 Å². The molecule has 3 N–H and O–H groups in total. The maximum absolute atomic E-state index is 11.5. The molecule has 0 aliphatic carbocycles. The van der Waals surface area contributed by atoms with E-state index < -0.39 is 12.0 Å². The van der Waals surface area contributed by atoms with E-state index in [1.807, 2.05) is 30.3 Å². The summed E-state index contributed by atoms with van der Waals surface area (Å²) in [5, 5.41) is 11.9. The van der Waals surface area contributed by atoms with Crippen LogP contribution in [-0.2, 0) is 16.0 Å². The number of aromatic hydroxyl groups is 1. The van der Waals surface area contributed by atoms with Gasteiger partial charge in [0.25, 0.3) is 0 Å². The van der Waals surface area contributed by atoms with E-state index in [2.05, 4.69) is 0 Å². The SMILES string of the molecule is CCOC(=O)C(N)Cc1ccc2ccccc2c1O. The maximum Gasteiger partial charge on any atom is 0.323 e. The Labute approximate surface area is 111 Å². The van der Waals surface area contributed by atoms with E-state index in [9.17, 15) is 9.90 Å². The monoisotopic (exact) mass is 259 g/mol. The Hall–Kier alpha value is -2.07. The van der Waals surface area contributed by atoms with Crippen LogP contribution in [0.1, 0.15) is 12.5 Å². The van der Waals surface area contributed by atoms with E-state index in [1.54, 1.807) is 13.0 Å². The number of phenolic OH excluding ortho intramolecular Hbond substituents is 1. The molecule has 2 rings (SSSR count). The summed E-state index contributed by atoms with van der Waals surface area (Å²) in [6.07, 6.45) is 0.259. The van der Waals surface area contributed by atoms with E-state index in [4.69, 9.17) is 10.5 Å². The zero-order valence-electron chi connectivity index (χ0n) is 10.8. The number of carbonyl (C=O) groups is 1. The number of nitrogens with two attached hydrogens (primary N) is 1. The Morgan fingerprint density at radius 2 is 2.05 bits per heavy atom. The number of benzene rings is 2. The van der Waals surface area contributed by atoms with Gasteiger partial charge in [-0.3, -0.25) is 4.79 Å². The number of hydrogen-bond acceptors (Lipinski definition) is 4. The second-order valence-electron chi connectivity index (χ2n) is 4.36. The molecule has 4 heteroatoms. The lowest BCUT2D eigenvalue weighted by molar-refractivity contribution is -0.144. The number of esters is 1. The molecule has 0 radical (unpaired) electrons. The molecule has 1 atom stereocenters. The lowest BCUT2D eigenvalue weighted by Crippen LogP contribution is -2.34. The molecule has 0 aliphatic rings. The van der Waals surface area contributed by atoms with Crippen LogP contribution < -0.4 is 5.73 Å². The largest absolute Gasteiger partial charge is 0.507 e. The fourth-order valence-corrected chi connectivity index (χ4v) is 2.03. The number of phenols is 1. The normalized spacial score (nSPS) is 12.3. The van der Waals surface area contributed by atoms with Crippen molar-refractivity contribution in [3.8, 4) is 5.75 Å². The molecule has 100 valence electrons. The minimum Gasteiger partial charge on any atom is -0.507 e. The highest BCUT2D eigenvalue weighted by Gasteiger charge is 2.17. The summed E-state index contributed by atoms with van der Waals surface area (Å²) in [5.74, 6) is -0.270. The number of carbonyl (C=O) groups excluding carboxylic acids is 1. The Kier molecular flexibility index (Phi) is 4.02. The first kappa shape index (κ1) is 13.4. The number of hydrogen-bond donors (Lipinski definition) is 2. The van der Waals surface area contributed by atoms with Gasteiger partial charge in [0.1, 0.15) is 11.8 Å². The molecular formula is C15H17NO3. The van der Waals surface area contributed by atoms with Crippen molar-refractivity contribution in [3.63, 3.8) is 0 Å². The number of rotatable bonds is 4. The highest BCUT2D eigenvalue weighted by atomic mass is 16.5. The molecule has 19 heavy (non-hydrogen) atoms. The molecule has 0 saturated heterocycles. The van der Waals surface area contributed by atoms with Crippen molar-refractivity contribution in [2.75, 3.05) is 6.61 Å². The first-order valence-electron chi connectivity index (χ1n) is 6.25. The van der Waals surface area contributed by atoms with Gasteiger partial charge in [0, 0.05) is 11.8 Å². The van der Waals surface area contributed by atoms with Crippen molar-refractivity contribution in [1.29, 1.82) is 0 Å². The van der Waals surface area contributed by atoms with Gasteiger partial charge in [-0.25, -0.2) is 0 Å². The second-order valence-corrected chi connectivity index (χ2v) is 4.36. The summed E-state index contributed by atoms with van der Waals surface area (Å²) in [5.41, 5.74) is 6.41. The van der Waals surface area contributed by atoms with Crippen molar-refractivity contribution in [2.24, 2.45) is 5.73 Å². The zero-order chi connectivity index (χ0) is 13.8. The minimum atomic E-state index is -0.757. The van der Waals surface area contributed by atoms with Crippen LogP contribution in [0.5, 0.6) is 5.75 Å².